The number of carbonyl (C=O) groups excluding carboxylic acids is 1. The standard InChI is InChI=1S/C25H33FN4O3S/c1-16(20-14-18-7-8-19(20)13-18)30-23(15-33-22-6-4-3-5-21(22)26)27-28-25(30)34-17(2)24(31)29-9-11-32-12-10-29/h3-6,16-20H,7-15H2,1-2H3/t16-,17-,18-,19-,20+/m0/s1. The van der Waals surface area contributed by atoms with E-state index in [2.05, 4.69) is 21.7 Å². The number of halogens is 1. The van der Waals surface area contributed by atoms with E-state index in [-0.39, 0.29) is 29.6 Å². The lowest BCUT2D eigenvalue weighted by Crippen LogP contribution is -2.44. The Balaban J connectivity index is 1.36. The zero-order valence-corrected chi connectivity index (χ0v) is 20.7. The van der Waals surface area contributed by atoms with E-state index in [9.17, 15) is 9.18 Å². The molecular formula is C25H33FN4O3S. The molecule has 0 spiro atoms. The third-order valence-corrected chi connectivity index (χ3v) is 8.75. The van der Waals surface area contributed by atoms with Crippen LogP contribution in [0.2, 0.25) is 0 Å². The Hall–Kier alpha value is -2.13. The van der Waals surface area contributed by atoms with E-state index >= 15 is 0 Å². The van der Waals surface area contributed by atoms with Crippen molar-refractivity contribution in [2.24, 2.45) is 17.8 Å². The largest absolute Gasteiger partial charge is 0.483 e. The lowest BCUT2D eigenvalue weighted by molar-refractivity contribution is -0.134. The van der Waals surface area contributed by atoms with E-state index in [1.807, 2.05) is 11.8 Å². The van der Waals surface area contributed by atoms with Crippen LogP contribution >= 0.6 is 11.8 Å². The molecule has 3 fully saturated rings. The van der Waals surface area contributed by atoms with Crippen LogP contribution in [0.4, 0.5) is 4.39 Å². The Morgan fingerprint density at radius 2 is 2.00 bits per heavy atom. The summed E-state index contributed by atoms with van der Waals surface area (Å²) in [5.41, 5.74) is 0. The highest BCUT2D eigenvalue weighted by atomic mass is 32.2. The van der Waals surface area contributed by atoms with Crippen molar-refractivity contribution < 1.29 is 18.7 Å². The highest BCUT2D eigenvalue weighted by molar-refractivity contribution is 8.00. The van der Waals surface area contributed by atoms with Gasteiger partial charge in [0.1, 0.15) is 6.61 Å². The van der Waals surface area contributed by atoms with Crippen LogP contribution in [0, 0.1) is 23.6 Å². The van der Waals surface area contributed by atoms with Crippen molar-refractivity contribution >= 4 is 17.7 Å². The predicted molar refractivity (Wildman–Crippen MR) is 127 cm³/mol. The zero-order valence-electron chi connectivity index (χ0n) is 19.9. The van der Waals surface area contributed by atoms with Crippen LogP contribution in [0.25, 0.3) is 0 Å². The SMILES string of the molecule is C[C@H](Sc1nnc(COc2ccccc2F)n1[C@@H](C)[C@H]1C[C@H]2CC[C@H]1C2)C(=O)N1CCOCC1. The minimum atomic E-state index is -0.394. The summed E-state index contributed by atoms with van der Waals surface area (Å²) in [6, 6.07) is 6.59. The fourth-order valence-electron chi connectivity index (χ4n) is 5.92. The van der Waals surface area contributed by atoms with E-state index in [4.69, 9.17) is 9.47 Å². The second kappa shape index (κ2) is 10.2. The molecule has 2 aliphatic carbocycles. The maximum atomic E-state index is 14.1. The van der Waals surface area contributed by atoms with Crippen molar-refractivity contribution in [1.29, 1.82) is 0 Å². The summed E-state index contributed by atoms with van der Waals surface area (Å²) >= 11 is 1.45. The number of carbonyl (C=O) groups is 1. The molecule has 2 aromatic rings. The van der Waals surface area contributed by atoms with Crippen molar-refractivity contribution in [2.75, 3.05) is 26.3 Å². The summed E-state index contributed by atoms with van der Waals surface area (Å²) in [5, 5.41) is 9.37. The van der Waals surface area contributed by atoms with Crippen LogP contribution in [0.3, 0.4) is 0 Å². The molecule has 184 valence electrons. The van der Waals surface area contributed by atoms with Gasteiger partial charge in [0.25, 0.3) is 0 Å². The highest BCUT2D eigenvalue weighted by Gasteiger charge is 2.43. The van der Waals surface area contributed by atoms with Crippen LogP contribution in [0.1, 0.15) is 51.4 Å². The van der Waals surface area contributed by atoms with Crippen molar-refractivity contribution in [2.45, 2.75) is 62.6 Å². The first-order chi connectivity index (χ1) is 16.5. The van der Waals surface area contributed by atoms with Crippen molar-refractivity contribution in [3.05, 3.63) is 35.9 Å². The molecule has 1 aliphatic heterocycles. The first-order valence-corrected chi connectivity index (χ1v) is 13.2. The molecule has 5 atom stereocenters. The van der Waals surface area contributed by atoms with Crippen LogP contribution in [-0.4, -0.2) is 57.1 Å². The number of rotatable bonds is 8. The number of nitrogens with zero attached hydrogens (tertiary/aromatic N) is 4. The lowest BCUT2D eigenvalue weighted by atomic mass is 9.84. The Morgan fingerprint density at radius 1 is 1.21 bits per heavy atom. The Morgan fingerprint density at radius 3 is 2.71 bits per heavy atom. The molecule has 7 nitrogen and oxygen atoms in total. The molecule has 2 bridgehead atoms. The number of hydrogen-bond donors (Lipinski definition) is 0. The van der Waals surface area contributed by atoms with Crippen molar-refractivity contribution in [1.82, 2.24) is 19.7 Å². The molecule has 2 saturated carbocycles. The minimum Gasteiger partial charge on any atom is -0.483 e. The fourth-order valence-corrected chi connectivity index (χ4v) is 6.96. The van der Waals surface area contributed by atoms with Gasteiger partial charge in [0.2, 0.25) is 5.91 Å². The third kappa shape index (κ3) is 4.82. The van der Waals surface area contributed by atoms with Gasteiger partial charge in [-0.05, 0) is 63.0 Å². The van der Waals surface area contributed by atoms with E-state index in [1.54, 1.807) is 18.2 Å². The van der Waals surface area contributed by atoms with Gasteiger partial charge in [-0.3, -0.25) is 9.36 Å². The van der Waals surface area contributed by atoms with Gasteiger partial charge in [-0.2, -0.15) is 0 Å². The van der Waals surface area contributed by atoms with E-state index < -0.39 is 5.82 Å². The summed E-state index contributed by atoms with van der Waals surface area (Å²) in [6.45, 7) is 6.71. The zero-order chi connectivity index (χ0) is 23.7. The highest BCUT2D eigenvalue weighted by Crippen LogP contribution is 2.52. The summed E-state index contributed by atoms with van der Waals surface area (Å²) < 4.78 is 27.5. The number of fused-ring (bicyclic) bond motifs is 2. The van der Waals surface area contributed by atoms with Crippen LogP contribution in [0.5, 0.6) is 5.75 Å². The summed E-state index contributed by atoms with van der Waals surface area (Å²) in [7, 11) is 0. The first-order valence-electron chi connectivity index (χ1n) is 12.4. The molecular weight excluding hydrogens is 455 g/mol. The number of benzene rings is 1. The summed E-state index contributed by atoms with van der Waals surface area (Å²) in [6.07, 6.45) is 5.17. The van der Waals surface area contributed by atoms with Gasteiger partial charge < -0.3 is 14.4 Å². The second-order valence-corrected chi connectivity index (χ2v) is 11.1. The average Bonchev–Trinajstić information content (AvgIpc) is 3.59. The molecule has 1 aromatic carbocycles. The second-order valence-electron chi connectivity index (χ2n) is 9.76. The number of para-hydroxylation sites is 1. The molecule has 0 radical (unpaired) electrons. The molecule has 2 heterocycles. The number of thioether (sulfide) groups is 1. The molecule has 34 heavy (non-hydrogen) atoms. The molecule has 3 aliphatic rings. The van der Waals surface area contributed by atoms with Gasteiger partial charge in [0.05, 0.1) is 18.5 Å². The predicted octanol–water partition coefficient (Wildman–Crippen LogP) is 4.33. The lowest BCUT2D eigenvalue weighted by Gasteiger charge is -2.31. The number of hydrogen-bond acceptors (Lipinski definition) is 6. The topological polar surface area (TPSA) is 69.5 Å². The summed E-state index contributed by atoms with van der Waals surface area (Å²) in [4.78, 5) is 14.9. The quantitative estimate of drug-likeness (QED) is 0.515. The Labute approximate surface area is 204 Å². The van der Waals surface area contributed by atoms with Gasteiger partial charge >= 0.3 is 0 Å². The monoisotopic (exact) mass is 488 g/mol. The van der Waals surface area contributed by atoms with Crippen molar-refractivity contribution in [3.8, 4) is 5.75 Å². The average molecular weight is 489 g/mol. The maximum Gasteiger partial charge on any atom is 0.236 e. The van der Waals surface area contributed by atoms with Gasteiger partial charge in [0, 0.05) is 19.1 Å². The fraction of sp³-hybridized carbons (Fsp3) is 0.640. The van der Waals surface area contributed by atoms with Gasteiger partial charge in [-0.15, -0.1) is 10.2 Å². The number of amides is 1. The van der Waals surface area contributed by atoms with Crippen LogP contribution in [-0.2, 0) is 16.1 Å². The number of aromatic nitrogens is 3. The molecule has 1 saturated heterocycles. The van der Waals surface area contributed by atoms with E-state index in [0.717, 1.165) is 17.0 Å². The van der Waals surface area contributed by atoms with Gasteiger partial charge in [-0.25, -0.2) is 4.39 Å². The van der Waals surface area contributed by atoms with E-state index in [1.165, 1.54) is 43.5 Å². The molecule has 0 unspecified atom stereocenters. The molecule has 9 heteroatoms. The van der Waals surface area contributed by atoms with Crippen LogP contribution < -0.4 is 4.74 Å². The molecule has 1 aromatic heterocycles. The third-order valence-electron chi connectivity index (χ3n) is 7.70. The van der Waals surface area contributed by atoms with E-state index in [0.29, 0.717) is 38.0 Å². The minimum absolute atomic E-state index is 0.0968. The van der Waals surface area contributed by atoms with Crippen molar-refractivity contribution in [3.63, 3.8) is 0 Å². The normalized spacial score (nSPS) is 26.0. The Kier molecular flexibility index (Phi) is 7.11. The number of morpholine rings is 1. The summed E-state index contributed by atoms with van der Waals surface area (Å²) in [5.74, 6) is 2.69. The Bertz CT molecular complexity index is 1010. The first kappa shape index (κ1) is 23.6. The maximum absolute atomic E-state index is 14.1. The number of ether oxygens (including phenoxy) is 2. The molecule has 0 N–H and O–H groups in total. The van der Waals surface area contributed by atoms with Gasteiger partial charge in [-0.1, -0.05) is 30.3 Å². The van der Waals surface area contributed by atoms with Gasteiger partial charge in [0.15, 0.2) is 22.5 Å². The molecule has 1 amide bonds. The van der Waals surface area contributed by atoms with Crippen LogP contribution in [0.15, 0.2) is 29.4 Å². The molecule has 5 rings (SSSR count). The smallest absolute Gasteiger partial charge is 0.236 e.